The van der Waals surface area contributed by atoms with Crippen LogP contribution in [0.25, 0.3) is 10.9 Å². The van der Waals surface area contributed by atoms with Crippen LogP contribution in [-0.2, 0) is 6.54 Å². The van der Waals surface area contributed by atoms with E-state index < -0.39 is 0 Å². The largest absolute Gasteiger partial charge is 0.467 e. The van der Waals surface area contributed by atoms with Crippen LogP contribution in [0.5, 0.6) is 0 Å². The van der Waals surface area contributed by atoms with Crippen molar-refractivity contribution in [1.29, 1.82) is 0 Å². The fourth-order valence-electron chi connectivity index (χ4n) is 2.44. The smallest absolute Gasteiger partial charge is 0.258 e. The molecule has 0 fully saturated rings. The Kier molecular flexibility index (Phi) is 4.06. The number of tetrazole rings is 1. The summed E-state index contributed by atoms with van der Waals surface area (Å²) < 4.78 is 6.98. The quantitative estimate of drug-likeness (QED) is 0.549. The number of hydrogen-bond donors (Lipinski definition) is 1. The van der Waals surface area contributed by atoms with Crippen molar-refractivity contribution in [1.82, 2.24) is 30.2 Å². The number of aromatic nitrogens is 6. The van der Waals surface area contributed by atoms with E-state index in [0.717, 1.165) is 5.76 Å². The van der Waals surface area contributed by atoms with E-state index in [1.807, 2.05) is 37.3 Å². The van der Waals surface area contributed by atoms with Gasteiger partial charge in [0.2, 0.25) is 5.16 Å². The molecule has 4 rings (SSSR count). The van der Waals surface area contributed by atoms with E-state index in [-0.39, 0.29) is 10.8 Å². The molecule has 0 aliphatic heterocycles. The molecule has 4 aromatic rings. The van der Waals surface area contributed by atoms with E-state index >= 15 is 0 Å². The van der Waals surface area contributed by atoms with Crippen molar-refractivity contribution in [3.05, 3.63) is 64.6 Å². The number of fused-ring (bicyclic) bond motifs is 1. The fourth-order valence-corrected chi connectivity index (χ4v) is 3.29. The average molecular weight is 354 g/mol. The molecule has 0 aliphatic rings. The summed E-state index contributed by atoms with van der Waals surface area (Å²) in [4.78, 5) is 19.6. The van der Waals surface area contributed by atoms with Crippen molar-refractivity contribution in [2.75, 3.05) is 0 Å². The average Bonchev–Trinajstić information content (AvgIpc) is 3.28. The summed E-state index contributed by atoms with van der Waals surface area (Å²) in [5.41, 5.74) is 0.520. The number of H-pyrrole nitrogens is 1. The molecular weight excluding hydrogens is 340 g/mol. The van der Waals surface area contributed by atoms with E-state index in [0.29, 0.717) is 28.4 Å². The van der Waals surface area contributed by atoms with Gasteiger partial charge in [0.1, 0.15) is 18.1 Å². The van der Waals surface area contributed by atoms with Gasteiger partial charge in [-0.25, -0.2) is 9.67 Å². The van der Waals surface area contributed by atoms with Crippen molar-refractivity contribution < 1.29 is 4.42 Å². The molecule has 1 N–H and O–H groups in total. The molecule has 0 aliphatic carbocycles. The molecule has 0 amide bonds. The fraction of sp³-hybridized carbons (Fsp3) is 0.188. The van der Waals surface area contributed by atoms with Crippen LogP contribution in [0.15, 0.2) is 57.0 Å². The molecule has 9 heteroatoms. The zero-order valence-electron chi connectivity index (χ0n) is 13.3. The van der Waals surface area contributed by atoms with E-state index in [9.17, 15) is 4.79 Å². The number of thioether (sulfide) groups is 1. The Morgan fingerprint density at radius 2 is 2.16 bits per heavy atom. The lowest BCUT2D eigenvalue weighted by molar-refractivity contribution is 0.462. The number of furan rings is 1. The number of benzene rings is 1. The van der Waals surface area contributed by atoms with E-state index in [4.69, 9.17) is 4.42 Å². The summed E-state index contributed by atoms with van der Waals surface area (Å²) in [5, 5.41) is 12.8. The van der Waals surface area contributed by atoms with Gasteiger partial charge in [0.05, 0.1) is 22.4 Å². The third kappa shape index (κ3) is 3.18. The highest BCUT2D eigenvalue weighted by atomic mass is 32.2. The highest BCUT2D eigenvalue weighted by molar-refractivity contribution is 7.99. The molecular formula is C16H14N6O2S. The molecule has 0 radical (unpaired) electrons. The molecule has 0 unspecified atom stereocenters. The lowest BCUT2D eigenvalue weighted by atomic mass is 10.2. The molecule has 0 spiro atoms. The zero-order chi connectivity index (χ0) is 17.2. The first-order chi connectivity index (χ1) is 12.2. The van der Waals surface area contributed by atoms with Gasteiger partial charge in [0.15, 0.2) is 0 Å². The summed E-state index contributed by atoms with van der Waals surface area (Å²) in [7, 11) is 0. The van der Waals surface area contributed by atoms with Crippen molar-refractivity contribution in [3.8, 4) is 0 Å². The SMILES string of the molecule is C[C@@H](Sc1nnnn1Cc1ccco1)c1nc2ccccc2c(=O)[nH]1. The minimum atomic E-state index is -0.150. The Bertz CT molecular complexity index is 1060. The van der Waals surface area contributed by atoms with Crippen LogP contribution >= 0.6 is 11.8 Å². The third-order valence-corrected chi connectivity index (χ3v) is 4.76. The standard InChI is InChI=1S/C16H14N6O2S/c1-10(14-17-13-7-3-2-6-12(13)15(23)18-14)25-16-19-20-21-22(16)9-11-5-4-8-24-11/h2-8,10H,9H2,1H3,(H,17,18,23)/t10-/m1/s1. The summed E-state index contributed by atoms with van der Waals surface area (Å²) in [6.07, 6.45) is 1.61. The van der Waals surface area contributed by atoms with E-state index in [2.05, 4.69) is 25.5 Å². The second kappa shape index (κ2) is 6.52. The lowest BCUT2D eigenvalue weighted by Gasteiger charge is -2.10. The maximum atomic E-state index is 12.2. The second-order valence-corrected chi connectivity index (χ2v) is 6.73. The maximum absolute atomic E-state index is 12.2. The van der Waals surface area contributed by atoms with Crippen LogP contribution in [0, 0.1) is 0 Å². The second-order valence-electron chi connectivity index (χ2n) is 5.43. The summed E-state index contributed by atoms with van der Waals surface area (Å²) in [6.45, 7) is 2.39. The van der Waals surface area contributed by atoms with Gasteiger partial charge in [0.25, 0.3) is 5.56 Å². The van der Waals surface area contributed by atoms with E-state index in [1.165, 1.54) is 11.8 Å². The number of rotatable bonds is 5. The summed E-state index contributed by atoms with van der Waals surface area (Å²) in [5.74, 6) is 1.35. The minimum Gasteiger partial charge on any atom is -0.467 e. The third-order valence-electron chi connectivity index (χ3n) is 3.68. The first-order valence-electron chi connectivity index (χ1n) is 7.65. The van der Waals surface area contributed by atoms with Crippen LogP contribution in [0.1, 0.15) is 23.8 Å². The van der Waals surface area contributed by atoms with Gasteiger partial charge < -0.3 is 9.40 Å². The normalized spacial score (nSPS) is 12.5. The highest BCUT2D eigenvalue weighted by Gasteiger charge is 2.17. The molecule has 3 heterocycles. The monoisotopic (exact) mass is 354 g/mol. The number of nitrogens with zero attached hydrogens (tertiary/aromatic N) is 5. The summed E-state index contributed by atoms with van der Waals surface area (Å²) in [6, 6.07) is 10.9. The Balaban J connectivity index is 1.60. The van der Waals surface area contributed by atoms with Crippen molar-refractivity contribution in [3.63, 3.8) is 0 Å². The number of para-hydroxylation sites is 1. The maximum Gasteiger partial charge on any atom is 0.258 e. The Morgan fingerprint density at radius 1 is 1.28 bits per heavy atom. The van der Waals surface area contributed by atoms with Gasteiger partial charge in [-0.15, -0.1) is 5.10 Å². The van der Waals surface area contributed by atoms with Gasteiger partial charge in [-0.05, 0) is 41.6 Å². The minimum absolute atomic E-state index is 0.126. The predicted octanol–water partition coefficient (Wildman–Crippen LogP) is 2.40. The van der Waals surface area contributed by atoms with E-state index in [1.54, 1.807) is 17.0 Å². The Labute approximate surface area is 146 Å². The molecule has 0 bridgehead atoms. The van der Waals surface area contributed by atoms with Crippen LogP contribution in [0.2, 0.25) is 0 Å². The van der Waals surface area contributed by atoms with Crippen LogP contribution in [0.3, 0.4) is 0 Å². The molecule has 0 saturated heterocycles. The molecule has 1 atom stereocenters. The van der Waals surface area contributed by atoms with Gasteiger partial charge in [-0.2, -0.15) is 0 Å². The van der Waals surface area contributed by atoms with Crippen LogP contribution in [-0.4, -0.2) is 30.2 Å². The molecule has 25 heavy (non-hydrogen) atoms. The molecule has 3 aromatic heterocycles. The topological polar surface area (TPSA) is 102 Å². The zero-order valence-corrected chi connectivity index (χ0v) is 14.1. The number of aromatic amines is 1. The van der Waals surface area contributed by atoms with Crippen molar-refractivity contribution in [2.24, 2.45) is 0 Å². The lowest BCUT2D eigenvalue weighted by Crippen LogP contribution is -2.13. The van der Waals surface area contributed by atoms with Gasteiger partial charge in [0, 0.05) is 0 Å². The van der Waals surface area contributed by atoms with Crippen LogP contribution in [0.4, 0.5) is 0 Å². The molecule has 8 nitrogen and oxygen atoms in total. The van der Waals surface area contributed by atoms with Crippen molar-refractivity contribution in [2.45, 2.75) is 23.9 Å². The van der Waals surface area contributed by atoms with Gasteiger partial charge in [-0.3, -0.25) is 4.79 Å². The van der Waals surface area contributed by atoms with Crippen molar-refractivity contribution >= 4 is 22.7 Å². The van der Waals surface area contributed by atoms with Gasteiger partial charge >= 0.3 is 0 Å². The molecule has 1 aromatic carbocycles. The predicted molar refractivity (Wildman–Crippen MR) is 92.3 cm³/mol. The highest BCUT2D eigenvalue weighted by Crippen LogP contribution is 2.31. The molecule has 0 saturated carbocycles. The number of nitrogens with one attached hydrogen (secondary N) is 1. The Morgan fingerprint density at radius 3 is 3.00 bits per heavy atom. The number of hydrogen-bond acceptors (Lipinski definition) is 7. The van der Waals surface area contributed by atoms with Gasteiger partial charge in [-0.1, -0.05) is 23.9 Å². The van der Waals surface area contributed by atoms with Crippen LogP contribution < -0.4 is 5.56 Å². The summed E-state index contributed by atoms with van der Waals surface area (Å²) >= 11 is 1.42. The molecule has 126 valence electrons. The Hall–Kier alpha value is -2.94. The first kappa shape index (κ1) is 15.6. The first-order valence-corrected chi connectivity index (χ1v) is 8.53.